The van der Waals surface area contributed by atoms with Crippen LogP contribution in [0.4, 0.5) is 13.2 Å². The average molecular weight is 293 g/mol. The first-order chi connectivity index (χ1) is 8.50. The van der Waals surface area contributed by atoms with Crippen LogP contribution in [-0.4, -0.2) is 16.1 Å². The molecule has 1 aromatic carbocycles. The van der Waals surface area contributed by atoms with Gasteiger partial charge >= 0.3 is 6.18 Å². The molecule has 2 nitrogen and oxygen atoms in total. The van der Waals surface area contributed by atoms with Crippen LogP contribution in [0.1, 0.15) is 10.6 Å². The standard InChI is InChI=1S/C11H8ClF3N2S/c12-6-5-9-16-17-10(18-9)7-1-3-8(4-2-7)11(13,14)15/h1-4H,5-6H2. The number of benzene rings is 1. The first-order valence-corrected chi connectivity index (χ1v) is 6.42. The van der Waals surface area contributed by atoms with Crippen LogP contribution in [-0.2, 0) is 12.6 Å². The number of hydrogen-bond donors (Lipinski definition) is 0. The van der Waals surface area contributed by atoms with E-state index >= 15 is 0 Å². The summed E-state index contributed by atoms with van der Waals surface area (Å²) in [5, 5.41) is 9.22. The molecule has 2 aromatic rings. The van der Waals surface area contributed by atoms with E-state index in [4.69, 9.17) is 11.6 Å². The molecular formula is C11H8ClF3N2S. The predicted molar refractivity (Wildman–Crippen MR) is 64.8 cm³/mol. The smallest absolute Gasteiger partial charge is 0.166 e. The highest BCUT2D eigenvalue weighted by atomic mass is 35.5. The lowest BCUT2D eigenvalue weighted by Gasteiger charge is -2.06. The highest BCUT2D eigenvalue weighted by Crippen LogP contribution is 2.31. The van der Waals surface area contributed by atoms with Gasteiger partial charge in [-0.2, -0.15) is 13.2 Å². The first kappa shape index (κ1) is 13.3. The maximum atomic E-state index is 12.4. The average Bonchev–Trinajstić information content (AvgIpc) is 2.77. The SMILES string of the molecule is FC(F)(F)c1ccc(-c2nnc(CCCl)s2)cc1. The van der Waals surface area contributed by atoms with Gasteiger partial charge in [0.2, 0.25) is 0 Å². The molecule has 0 aliphatic carbocycles. The molecule has 0 atom stereocenters. The van der Waals surface area contributed by atoms with Crippen LogP contribution < -0.4 is 0 Å². The van der Waals surface area contributed by atoms with Crippen molar-refractivity contribution in [1.29, 1.82) is 0 Å². The summed E-state index contributed by atoms with van der Waals surface area (Å²) in [5.41, 5.74) is -0.0435. The summed E-state index contributed by atoms with van der Waals surface area (Å²) in [6.07, 6.45) is -3.71. The molecule has 0 amide bonds. The second-order valence-corrected chi connectivity index (χ2v) is 4.96. The molecule has 0 N–H and O–H groups in total. The third-order valence-electron chi connectivity index (χ3n) is 2.23. The number of halogens is 4. The summed E-state index contributed by atoms with van der Waals surface area (Å²) >= 11 is 6.91. The highest BCUT2D eigenvalue weighted by Gasteiger charge is 2.30. The van der Waals surface area contributed by atoms with E-state index in [9.17, 15) is 13.2 Å². The fourth-order valence-corrected chi connectivity index (χ4v) is 2.49. The molecule has 96 valence electrons. The molecule has 0 bridgehead atoms. The lowest BCUT2D eigenvalue weighted by molar-refractivity contribution is -0.137. The van der Waals surface area contributed by atoms with E-state index in [-0.39, 0.29) is 0 Å². The Morgan fingerprint density at radius 2 is 1.78 bits per heavy atom. The Morgan fingerprint density at radius 1 is 1.11 bits per heavy atom. The molecular weight excluding hydrogens is 285 g/mol. The van der Waals surface area contributed by atoms with Crippen LogP contribution in [0.25, 0.3) is 10.6 Å². The summed E-state index contributed by atoms with van der Waals surface area (Å²) < 4.78 is 37.2. The third kappa shape index (κ3) is 3.00. The molecule has 0 radical (unpaired) electrons. The lowest BCUT2D eigenvalue weighted by Crippen LogP contribution is -2.03. The van der Waals surface area contributed by atoms with E-state index in [1.54, 1.807) is 0 Å². The van der Waals surface area contributed by atoms with Crippen molar-refractivity contribution < 1.29 is 13.2 Å². The Labute approximate surface area is 110 Å². The Balaban J connectivity index is 2.23. The van der Waals surface area contributed by atoms with Gasteiger partial charge in [0.15, 0.2) is 0 Å². The van der Waals surface area contributed by atoms with E-state index in [2.05, 4.69) is 10.2 Å². The molecule has 0 saturated carbocycles. The zero-order valence-corrected chi connectivity index (χ0v) is 10.6. The second kappa shape index (κ2) is 5.24. The minimum Gasteiger partial charge on any atom is -0.166 e. The number of alkyl halides is 4. The van der Waals surface area contributed by atoms with Crippen LogP contribution in [0.3, 0.4) is 0 Å². The molecule has 0 saturated heterocycles. The Bertz CT molecular complexity index is 522. The van der Waals surface area contributed by atoms with Crippen molar-refractivity contribution >= 4 is 22.9 Å². The molecule has 0 fully saturated rings. The van der Waals surface area contributed by atoms with Gasteiger partial charge < -0.3 is 0 Å². The maximum absolute atomic E-state index is 12.4. The number of aryl methyl sites for hydroxylation is 1. The van der Waals surface area contributed by atoms with Crippen molar-refractivity contribution in [3.8, 4) is 10.6 Å². The number of rotatable bonds is 3. The van der Waals surface area contributed by atoms with Crippen LogP contribution in [0.2, 0.25) is 0 Å². The molecule has 0 unspecified atom stereocenters. The third-order valence-corrected chi connectivity index (χ3v) is 3.46. The molecule has 0 spiro atoms. The number of hydrogen-bond acceptors (Lipinski definition) is 3. The van der Waals surface area contributed by atoms with Gasteiger partial charge in [-0.1, -0.05) is 23.5 Å². The topological polar surface area (TPSA) is 25.8 Å². The lowest BCUT2D eigenvalue weighted by atomic mass is 10.1. The summed E-state index contributed by atoms with van der Waals surface area (Å²) in [6, 6.07) is 4.87. The van der Waals surface area contributed by atoms with Gasteiger partial charge in [-0.3, -0.25) is 0 Å². The fourth-order valence-electron chi connectivity index (χ4n) is 1.35. The van der Waals surface area contributed by atoms with E-state index in [1.807, 2.05) is 0 Å². The normalized spacial score (nSPS) is 11.8. The number of nitrogens with zero attached hydrogens (tertiary/aromatic N) is 2. The van der Waals surface area contributed by atoms with Gasteiger partial charge in [0.05, 0.1) is 5.56 Å². The van der Waals surface area contributed by atoms with E-state index in [1.165, 1.54) is 23.5 Å². The van der Waals surface area contributed by atoms with E-state index in [0.29, 0.717) is 22.9 Å². The Hall–Kier alpha value is -1.14. The monoisotopic (exact) mass is 292 g/mol. The zero-order chi connectivity index (χ0) is 13.2. The van der Waals surface area contributed by atoms with Crippen molar-refractivity contribution in [2.24, 2.45) is 0 Å². The van der Waals surface area contributed by atoms with Crippen molar-refractivity contribution in [3.63, 3.8) is 0 Å². The summed E-state index contributed by atoms with van der Waals surface area (Å²) in [4.78, 5) is 0. The molecule has 1 heterocycles. The van der Waals surface area contributed by atoms with Crippen LogP contribution in [0.15, 0.2) is 24.3 Å². The van der Waals surface area contributed by atoms with Crippen molar-refractivity contribution in [3.05, 3.63) is 34.8 Å². The van der Waals surface area contributed by atoms with Crippen LogP contribution >= 0.6 is 22.9 Å². The summed E-state index contributed by atoms with van der Waals surface area (Å²) in [7, 11) is 0. The van der Waals surface area contributed by atoms with E-state index in [0.717, 1.165) is 17.1 Å². The van der Waals surface area contributed by atoms with Gasteiger partial charge in [0.25, 0.3) is 0 Å². The summed E-state index contributed by atoms with van der Waals surface area (Å²) in [6.45, 7) is 0. The minimum absolute atomic E-state index is 0.446. The largest absolute Gasteiger partial charge is 0.416 e. The molecule has 0 aliphatic rings. The first-order valence-electron chi connectivity index (χ1n) is 5.06. The van der Waals surface area contributed by atoms with E-state index < -0.39 is 11.7 Å². The number of aromatic nitrogens is 2. The molecule has 7 heteroatoms. The van der Waals surface area contributed by atoms with Gasteiger partial charge in [0, 0.05) is 17.9 Å². The zero-order valence-electron chi connectivity index (χ0n) is 9.04. The Morgan fingerprint density at radius 3 is 2.33 bits per heavy atom. The van der Waals surface area contributed by atoms with Crippen molar-refractivity contribution in [1.82, 2.24) is 10.2 Å². The quantitative estimate of drug-likeness (QED) is 0.799. The highest BCUT2D eigenvalue weighted by molar-refractivity contribution is 7.14. The van der Waals surface area contributed by atoms with Crippen molar-refractivity contribution in [2.75, 3.05) is 5.88 Å². The van der Waals surface area contributed by atoms with Crippen LogP contribution in [0.5, 0.6) is 0 Å². The fraction of sp³-hybridized carbons (Fsp3) is 0.273. The molecule has 0 aliphatic heterocycles. The van der Waals surface area contributed by atoms with Crippen molar-refractivity contribution in [2.45, 2.75) is 12.6 Å². The molecule has 18 heavy (non-hydrogen) atoms. The Kier molecular flexibility index (Phi) is 3.87. The summed E-state index contributed by atoms with van der Waals surface area (Å²) in [5.74, 6) is 0.446. The van der Waals surface area contributed by atoms with Gasteiger partial charge in [0.1, 0.15) is 10.0 Å². The van der Waals surface area contributed by atoms with Gasteiger partial charge in [-0.05, 0) is 12.1 Å². The van der Waals surface area contributed by atoms with Gasteiger partial charge in [-0.15, -0.1) is 21.8 Å². The second-order valence-electron chi connectivity index (χ2n) is 3.52. The molecule has 1 aromatic heterocycles. The minimum atomic E-state index is -4.32. The van der Waals surface area contributed by atoms with Gasteiger partial charge in [-0.25, -0.2) is 0 Å². The predicted octanol–water partition coefficient (Wildman–Crippen LogP) is 4.01. The van der Waals surface area contributed by atoms with Crippen LogP contribution in [0, 0.1) is 0 Å². The maximum Gasteiger partial charge on any atom is 0.416 e. The molecule has 2 rings (SSSR count).